The second-order valence-electron chi connectivity index (χ2n) is 5.02. The van der Waals surface area contributed by atoms with Gasteiger partial charge in [-0.3, -0.25) is 0 Å². The highest BCUT2D eigenvalue weighted by atomic mass is 32.1. The number of aromatic nitrogens is 1. The van der Waals surface area contributed by atoms with E-state index >= 15 is 0 Å². The highest BCUT2D eigenvalue weighted by Crippen LogP contribution is 2.20. The van der Waals surface area contributed by atoms with Crippen LogP contribution in [-0.4, -0.2) is 55.8 Å². The van der Waals surface area contributed by atoms with Gasteiger partial charge in [0.1, 0.15) is 0 Å². The molecule has 4 nitrogen and oxygen atoms in total. The minimum Gasteiger partial charge on any atom is -0.374 e. The molecule has 1 aromatic heterocycles. The number of rotatable bonds is 4. The fourth-order valence-electron chi connectivity index (χ4n) is 2.29. The summed E-state index contributed by atoms with van der Waals surface area (Å²) in [7, 11) is 4.16. The van der Waals surface area contributed by atoms with Crippen LogP contribution >= 0.6 is 11.3 Å². The van der Waals surface area contributed by atoms with Crippen LogP contribution in [0.2, 0.25) is 0 Å². The van der Waals surface area contributed by atoms with E-state index in [1.54, 1.807) is 11.3 Å². The van der Waals surface area contributed by atoms with E-state index in [0.717, 1.165) is 31.8 Å². The first kappa shape index (κ1) is 13.9. The summed E-state index contributed by atoms with van der Waals surface area (Å²) in [6.45, 7) is 7.07. The molecule has 0 amide bonds. The third-order valence-corrected chi connectivity index (χ3v) is 4.68. The molecule has 1 saturated heterocycles. The number of hydrogen-bond donors (Lipinski definition) is 1. The van der Waals surface area contributed by atoms with Gasteiger partial charge in [-0.2, -0.15) is 0 Å². The van der Waals surface area contributed by atoms with Gasteiger partial charge in [0, 0.05) is 30.4 Å². The fourth-order valence-corrected chi connectivity index (χ4v) is 3.28. The average Bonchev–Trinajstić information content (AvgIpc) is 2.65. The summed E-state index contributed by atoms with van der Waals surface area (Å²) in [4.78, 5) is 8.27. The van der Waals surface area contributed by atoms with E-state index in [2.05, 4.69) is 36.1 Å². The molecule has 0 spiro atoms. The molecule has 2 heterocycles. The average molecular weight is 269 g/mol. The lowest BCUT2D eigenvalue weighted by Gasteiger charge is -2.34. The van der Waals surface area contributed by atoms with E-state index in [4.69, 9.17) is 4.74 Å². The molecule has 2 rings (SSSR count). The lowest BCUT2D eigenvalue weighted by atomic mass is 10.1. The number of hydrogen-bond acceptors (Lipinski definition) is 5. The van der Waals surface area contributed by atoms with Crippen molar-refractivity contribution in [3.8, 4) is 0 Å². The zero-order valence-electron chi connectivity index (χ0n) is 11.7. The Morgan fingerprint density at radius 3 is 2.89 bits per heavy atom. The van der Waals surface area contributed by atoms with Crippen molar-refractivity contribution < 1.29 is 4.74 Å². The van der Waals surface area contributed by atoms with Crippen molar-refractivity contribution in [2.75, 3.05) is 33.8 Å². The number of nitrogens with zero attached hydrogens (tertiary/aromatic N) is 2. The van der Waals surface area contributed by atoms with Crippen LogP contribution in [0.1, 0.15) is 15.6 Å². The van der Waals surface area contributed by atoms with Crippen LogP contribution in [0.15, 0.2) is 0 Å². The van der Waals surface area contributed by atoms with Gasteiger partial charge in [0.15, 0.2) is 0 Å². The van der Waals surface area contributed by atoms with Gasteiger partial charge in [-0.15, -0.1) is 11.3 Å². The normalized spacial score (nSPS) is 23.2. The molecule has 0 saturated carbocycles. The smallest absolute Gasteiger partial charge is 0.0947 e. The SMILES string of the molecule is CNC(Cc1nc(C)c(C)s1)C1CN(C)CCO1. The number of aryl methyl sites for hydroxylation is 2. The third kappa shape index (κ3) is 3.29. The molecular formula is C13H23N3OS. The topological polar surface area (TPSA) is 37.4 Å². The standard InChI is InChI=1S/C13H23N3OS/c1-9-10(2)18-13(15-9)7-11(14-3)12-8-16(4)5-6-17-12/h11-12,14H,5-8H2,1-4H3. The molecule has 1 aliphatic rings. The second-order valence-corrected chi connectivity index (χ2v) is 6.31. The molecule has 0 bridgehead atoms. The van der Waals surface area contributed by atoms with E-state index in [9.17, 15) is 0 Å². The lowest BCUT2D eigenvalue weighted by Crippen LogP contribution is -2.51. The summed E-state index contributed by atoms with van der Waals surface area (Å²) in [5.41, 5.74) is 1.16. The van der Waals surface area contributed by atoms with Gasteiger partial charge in [0.2, 0.25) is 0 Å². The van der Waals surface area contributed by atoms with Crippen molar-refractivity contribution in [1.82, 2.24) is 15.2 Å². The summed E-state index contributed by atoms with van der Waals surface area (Å²) in [5.74, 6) is 0. The summed E-state index contributed by atoms with van der Waals surface area (Å²) in [6, 6.07) is 0.345. The zero-order chi connectivity index (χ0) is 13.1. The van der Waals surface area contributed by atoms with Gasteiger partial charge >= 0.3 is 0 Å². The van der Waals surface area contributed by atoms with Crippen LogP contribution in [0.4, 0.5) is 0 Å². The quantitative estimate of drug-likeness (QED) is 0.892. The van der Waals surface area contributed by atoms with Gasteiger partial charge in [-0.1, -0.05) is 0 Å². The van der Waals surface area contributed by atoms with Crippen LogP contribution in [-0.2, 0) is 11.2 Å². The highest BCUT2D eigenvalue weighted by molar-refractivity contribution is 7.11. The minimum atomic E-state index is 0.262. The third-order valence-electron chi connectivity index (χ3n) is 3.58. The van der Waals surface area contributed by atoms with Gasteiger partial charge in [0.05, 0.1) is 23.4 Å². The molecule has 5 heteroatoms. The molecule has 102 valence electrons. The van der Waals surface area contributed by atoms with E-state index in [0.29, 0.717) is 6.04 Å². The summed E-state index contributed by atoms with van der Waals surface area (Å²) < 4.78 is 5.88. The number of nitrogens with one attached hydrogen (secondary N) is 1. The monoisotopic (exact) mass is 269 g/mol. The number of morpholine rings is 1. The number of likely N-dealkylation sites (N-methyl/N-ethyl adjacent to an activating group) is 2. The Kier molecular flexibility index (Phi) is 4.72. The maximum Gasteiger partial charge on any atom is 0.0947 e. The Morgan fingerprint density at radius 1 is 1.56 bits per heavy atom. The number of thiazole rings is 1. The Hall–Kier alpha value is -0.490. The van der Waals surface area contributed by atoms with Crippen molar-refractivity contribution in [3.05, 3.63) is 15.6 Å². The molecule has 0 aromatic carbocycles. The molecule has 1 aromatic rings. The predicted octanol–water partition coefficient (Wildman–Crippen LogP) is 1.22. The van der Waals surface area contributed by atoms with Crippen LogP contribution in [0.25, 0.3) is 0 Å². The molecule has 18 heavy (non-hydrogen) atoms. The van der Waals surface area contributed by atoms with Crippen LogP contribution in [0.5, 0.6) is 0 Å². The maximum atomic E-state index is 5.88. The lowest BCUT2D eigenvalue weighted by molar-refractivity contribution is -0.0372. The van der Waals surface area contributed by atoms with Crippen molar-refractivity contribution >= 4 is 11.3 Å². The first-order valence-electron chi connectivity index (χ1n) is 6.50. The first-order chi connectivity index (χ1) is 8.60. The number of ether oxygens (including phenoxy) is 1. The van der Waals surface area contributed by atoms with Crippen molar-refractivity contribution in [1.29, 1.82) is 0 Å². The van der Waals surface area contributed by atoms with Crippen LogP contribution < -0.4 is 5.32 Å². The predicted molar refractivity (Wildman–Crippen MR) is 75.4 cm³/mol. The maximum absolute atomic E-state index is 5.88. The van der Waals surface area contributed by atoms with Crippen LogP contribution in [0.3, 0.4) is 0 Å². The summed E-state index contributed by atoms with van der Waals surface area (Å²) in [5, 5.41) is 4.59. The molecule has 2 atom stereocenters. The zero-order valence-corrected chi connectivity index (χ0v) is 12.5. The molecule has 0 aliphatic carbocycles. The molecule has 0 radical (unpaired) electrons. The van der Waals surface area contributed by atoms with Gasteiger partial charge < -0.3 is 15.0 Å². The molecule has 2 unspecified atom stereocenters. The van der Waals surface area contributed by atoms with E-state index in [1.807, 2.05) is 7.05 Å². The Morgan fingerprint density at radius 2 is 2.33 bits per heavy atom. The van der Waals surface area contributed by atoms with Crippen molar-refractivity contribution in [3.63, 3.8) is 0 Å². The van der Waals surface area contributed by atoms with E-state index < -0.39 is 0 Å². The Labute approximate surface area is 113 Å². The Bertz CT molecular complexity index is 374. The summed E-state index contributed by atoms with van der Waals surface area (Å²) >= 11 is 1.80. The molecule has 1 N–H and O–H groups in total. The van der Waals surface area contributed by atoms with Gasteiger partial charge in [0.25, 0.3) is 0 Å². The molecule has 1 aliphatic heterocycles. The van der Waals surface area contributed by atoms with Crippen molar-refractivity contribution in [2.24, 2.45) is 0 Å². The molecular weight excluding hydrogens is 246 g/mol. The van der Waals surface area contributed by atoms with Crippen molar-refractivity contribution in [2.45, 2.75) is 32.4 Å². The Balaban J connectivity index is 2.00. The van der Waals surface area contributed by atoms with E-state index in [-0.39, 0.29) is 6.10 Å². The van der Waals surface area contributed by atoms with E-state index in [1.165, 1.54) is 9.88 Å². The minimum absolute atomic E-state index is 0.262. The first-order valence-corrected chi connectivity index (χ1v) is 7.32. The van der Waals surface area contributed by atoms with Gasteiger partial charge in [-0.05, 0) is 27.9 Å². The second kappa shape index (κ2) is 6.10. The van der Waals surface area contributed by atoms with Gasteiger partial charge in [-0.25, -0.2) is 4.98 Å². The molecule has 1 fully saturated rings. The highest BCUT2D eigenvalue weighted by Gasteiger charge is 2.26. The fraction of sp³-hybridized carbons (Fsp3) is 0.769. The van der Waals surface area contributed by atoms with Crippen LogP contribution in [0, 0.1) is 13.8 Å². The largest absolute Gasteiger partial charge is 0.374 e. The summed E-state index contributed by atoms with van der Waals surface area (Å²) in [6.07, 6.45) is 1.22.